The lowest BCUT2D eigenvalue weighted by molar-refractivity contribution is -0.127. The monoisotopic (exact) mass is 512 g/mol. The number of amides is 2. The normalized spacial score (nSPS) is 14.8. The minimum atomic E-state index is -0.775. The number of carbonyl (C=O) groups excluding carboxylic acids is 2. The van der Waals surface area contributed by atoms with Crippen LogP contribution >= 0.6 is 22.7 Å². The second-order valence-electron chi connectivity index (χ2n) is 8.77. The van der Waals surface area contributed by atoms with Crippen molar-refractivity contribution in [3.8, 4) is 11.5 Å². The molecule has 2 amide bonds. The lowest BCUT2D eigenvalue weighted by Crippen LogP contribution is -2.47. The fourth-order valence-electron chi connectivity index (χ4n) is 4.60. The number of hydrogen-bond donors (Lipinski definition) is 1. The van der Waals surface area contributed by atoms with Gasteiger partial charge in [-0.2, -0.15) is 0 Å². The molecule has 0 saturated heterocycles. The Balaban J connectivity index is 1.78. The van der Waals surface area contributed by atoms with Crippen molar-refractivity contribution in [1.82, 2.24) is 5.32 Å². The molecule has 1 fully saturated rings. The molecule has 3 aromatic rings. The first-order valence-electron chi connectivity index (χ1n) is 11.9. The number of rotatable bonds is 9. The van der Waals surface area contributed by atoms with Gasteiger partial charge in [0.15, 0.2) is 11.5 Å². The molecular formula is C27H32N2O4S2. The van der Waals surface area contributed by atoms with Crippen molar-refractivity contribution in [2.45, 2.75) is 57.5 Å². The Bertz CT molecular complexity index is 1140. The number of carbonyl (C=O) groups is 2. The van der Waals surface area contributed by atoms with E-state index in [1.807, 2.05) is 41.9 Å². The largest absolute Gasteiger partial charge is 0.493 e. The van der Waals surface area contributed by atoms with Crippen LogP contribution in [0.15, 0.2) is 47.2 Å². The quantitative estimate of drug-likeness (QED) is 0.388. The Hall–Kier alpha value is -2.84. The molecule has 1 atom stereocenters. The Labute approximate surface area is 214 Å². The first kappa shape index (κ1) is 25.3. The van der Waals surface area contributed by atoms with E-state index in [4.69, 9.17) is 9.47 Å². The molecule has 1 aliphatic carbocycles. The molecule has 0 radical (unpaired) electrons. The summed E-state index contributed by atoms with van der Waals surface area (Å²) in [7, 11) is 3.14. The third-order valence-electron chi connectivity index (χ3n) is 6.43. The lowest BCUT2D eigenvalue weighted by Gasteiger charge is -2.33. The summed E-state index contributed by atoms with van der Waals surface area (Å²) in [6.07, 6.45) is 5.60. The molecule has 1 unspecified atom stereocenters. The highest BCUT2D eigenvalue weighted by atomic mass is 32.1. The minimum Gasteiger partial charge on any atom is -0.493 e. The highest BCUT2D eigenvalue weighted by Crippen LogP contribution is 2.38. The second kappa shape index (κ2) is 11.7. The topological polar surface area (TPSA) is 67.9 Å². The number of anilines is 1. The molecule has 4 rings (SSSR count). The molecule has 0 aliphatic heterocycles. The third-order valence-corrected chi connectivity index (χ3v) is 8.38. The minimum absolute atomic E-state index is 0.138. The average Bonchev–Trinajstić information content (AvgIpc) is 3.54. The maximum Gasteiger partial charge on any atom is 0.248 e. The van der Waals surface area contributed by atoms with E-state index in [9.17, 15) is 9.59 Å². The molecular weight excluding hydrogens is 480 g/mol. The molecule has 1 N–H and O–H groups in total. The number of aryl methyl sites for hydroxylation is 1. The molecule has 0 spiro atoms. The fraction of sp³-hybridized carbons (Fsp3) is 0.407. The first-order chi connectivity index (χ1) is 17.0. The van der Waals surface area contributed by atoms with Crippen LogP contribution in [0.4, 0.5) is 5.69 Å². The van der Waals surface area contributed by atoms with Gasteiger partial charge in [0.25, 0.3) is 0 Å². The maximum atomic E-state index is 13.9. The number of methoxy groups -OCH3 is 2. The van der Waals surface area contributed by atoms with Crippen molar-refractivity contribution in [2.24, 2.45) is 0 Å². The summed E-state index contributed by atoms with van der Waals surface area (Å²) in [5, 5.41) is 7.20. The van der Waals surface area contributed by atoms with Crippen molar-refractivity contribution < 1.29 is 19.1 Å². The van der Waals surface area contributed by atoms with Gasteiger partial charge in [0.2, 0.25) is 11.8 Å². The van der Waals surface area contributed by atoms with E-state index in [0.717, 1.165) is 41.0 Å². The highest BCUT2D eigenvalue weighted by Gasteiger charge is 2.36. The van der Waals surface area contributed by atoms with E-state index in [1.54, 1.807) is 31.3 Å². The predicted octanol–water partition coefficient (Wildman–Crippen LogP) is 5.90. The van der Waals surface area contributed by atoms with E-state index < -0.39 is 6.04 Å². The van der Waals surface area contributed by atoms with E-state index in [-0.39, 0.29) is 24.3 Å². The van der Waals surface area contributed by atoms with Crippen molar-refractivity contribution in [3.05, 3.63) is 62.5 Å². The molecule has 2 aromatic heterocycles. The Morgan fingerprint density at radius 2 is 1.80 bits per heavy atom. The molecule has 186 valence electrons. The Morgan fingerprint density at radius 3 is 2.43 bits per heavy atom. The third kappa shape index (κ3) is 5.87. The molecule has 1 aliphatic rings. The van der Waals surface area contributed by atoms with Crippen LogP contribution in [0.25, 0.3) is 0 Å². The van der Waals surface area contributed by atoms with Gasteiger partial charge in [-0.15, -0.1) is 22.7 Å². The molecule has 1 aromatic carbocycles. The zero-order valence-corrected chi connectivity index (χ0v) is 22.0. The van der Waals surface area contributed by atoms with Crippen LogP contribution in [0.5, 0.6) is 11.5 Å². The molecule has 6 nitrogen and oxygen atoms in total. The summed E-state index contributed by atoms with van der Waals surface area (Å²) in [5.74, 6) is 0.790. The first-order valence-corrected chi connectivity index (χ1v) is 13.7. The van der Waals surface area contributed by atoms with Gasteiger partial charge in [0, 0.05) is 27.5 Å². The molecule has 0 bridgehead atoms. The van der Waals surface area contributed by atoms with Gasteiger partial charge in [-0.1, -0.05) is 25.3 Å². The smallest absolute Gasteiger partial charge is 0.248 e. The Kier molecular flexibility index (Phi) is 8.46. The van der Waals surface area contributed by atoms with Crippen LogP contribution in [0.1, 0.15) is 53.5 Å². The van der Waals surface area contributed by atoms with Gasteiger partial charge >= 0.3 is 0 Å². The molecule has 8 heteroatoms. The summed E-state index contributed by atoms with van der Waals surface area (Å²) >= 11 is 3.04. The Morgan fingerprint density at radius 1 is 1.03 bits per heavy atom. The molecule has 1 saturated carbocycles. The summed E-state index contributed by atoms with van der Waals surface area (Å²) in [4.78, 5) is 31.3. The van der Waals surface area contributed by atoms with Gasteiger partial charge in [-0.25, -0.2) is 0 Å². The number of ether oxygens (including phenoxy) is 2. The van der Waals surface area contributed by atoms with Crippen LogP contribution in [-0.2, 0) is 16.0 Å². The van der Waals surface area contributed by atoms with Crippen molar-refractivity contribution in [2.75, 3.05) is 19.1 Å². The van der Waals surface area contributed by atoms with Crippen LogP contribution in [0, 0.1) is 6.92 Å². The number of benzene rings is 1. The van der Waals surface area contributed by atoms with Crippen LogP contribution in [0.2, 0.25) is 0 Å². The number of nitrogens with zero attached hydrogens (tertiary/aromatic N) is 1. The highest BCUT2D eigenvalue weighted by molar-refractivity contribution is 7.10. The van der Waals surface area contributed by atoms with Gasteiger partial charge in [-0.3, -0.25) is 14.5 Å². The van der Waals surface area contributed by atoms with E-state index in [1.165, 1.54) is 29.1 Å². The lowest BCUT2D eigenvalue weighted by atomic mass is 9.95. The second-order valence-corrected chi connectivity index (χ2v) is 10.8. The SMILES string of the molecule is COc1ccc(N(C(=O)Cc2cccs2)C(C(=O)NC2CCCCC2)c2sccc2C)cc1OC. The number of nitrogens with one attached hydrogen (secondary N) is 1. The van der Waals surface area contributed by atoms with E-state index in [2.05, 4.69) is 5.32 Å². The van der Waals surface area contributed by atoms with Crippen LogP contribution < -0.4 is 19.7 Å². The predicted molar refractivity (Wildman–Crippen MR) is 142 cm³/mol. The molecule has 2 heterocycles. The summed E-state index contributed by atoms with van der Waals surface area (Å²) in [6.45, 7) is 1.99. The van der Waals surface area contributed by atoms with Crippen LogP contribution in [0.3, 0.4) is 0 Å². The van der Waals surface area contributed by atoms with Crippen molar-refractivity contribution in [1.29, 1.82) is 0 Å². The molecule has 35 heavy (non-hydrogen) atoms. The van der Waals surface area contributed by atoms with Gasteiger partial charge in [0.1, 0.15) is 6.04 Å². The van der Waals surface area contributed by atoms with Gasteiger partial charge < -0.3 is 14.8 Å². The van der Waals surface area contributed by atoms with Crippen LogP contribution in [-0.4, -0.2) is 32.1 Å². The van der Waals surface area contributed by atoms with Gasteiger partial charge in [0.05, 0.1) is 20.6 Å². The van der Waals surface area contributed by atoms with Gasteiger partial charge in [-0.05, 0) is 60.4 Å². The zero-order chi connectivity index (χ0) is 24.8. The summed E-state index contributed by atoms with van der Waals surface area (Å²) < 4.78 is 10.9. The number of hydrogen-bond acceptors (Lipinski definition) is 6. The summed E-state index contributed by atoms with van der Waals surface area (Å²) in [5.41, 5.74) is 1.59. The van der Waals surface area contributed by atoms with Crippen molar-refractivity contribution in [3.63, 3.8) is 0 Å². The average molecular weight is 513 g/mol. The van der Waals surface area contributed by atoms with E-state index in [0.29, 0.717) is 17.2 Å². The van der Waals surface area contributed by atoms with Crippen molar-refractivity contribution >= 4 is 40.2 Å². The zero-order valence-electron chi connectivity index (χ0n) is 20.4. The standard InChI is InChI=1S/C27H32N2O4S2/c1-18-13-15-35-26(18)25(27(31)28-19-8-5-4-6-9-19)29(24(30)17-21-10-7-14-34-21)20-11-12-22(32-2)23(16-20)33-3/h7,10-16,19,25H,4-6,8-9,17H2,1-3H3,(H,28,31). The maximum absolute atomic E-state index is 13.9. The fourth-order valence-corrected chi connectivity index (χ4v) is 6.31. The summed E-state index contributed by atoms with van der Waals surface area (Å²) in [6, 6.07) is 10.6. The van der Waals surface area contributed by atoms with E-state index >= 15 is 0 Å². The number of thiophene rings is 2.